The molecule has 2 atom stereocenters. The molecule has 0 aliphatic heterocycles. The Morgan fingerprint density at radius 3 is 1.46 bits per heavy atom. The van der Waals surface area contributed by atoms with E-state index in [1.54, 1.807) is 0 Å². The number of rotatable bonds is 14. The summed E-state index contributed by atoms with van der Waals surface area (Å²) in [4.78, 5) is 32.2. The Balaban J connectivity index is 1.79. The summed E-state index contributed by atoms with van der Waals surface area (Å²) >= 11 is 0. The summed E-state index contributed by atoms with van der Waals surface area (Å²) in [6, 6.07) is 4.31. The molecule has 7 nitrogen and oxygen atoms in total. The van der Waals surface area contributed by atoms with Crippen LogP contribution in [0, 0.1) is 13.8 Å². The lowest BCUT2D eigenvalue weighted by Gasteiger charge is -2.05. The van der Waals surface area contributed by atoms with Crippen LogP contribution >= 0.6 is 0 Å². The molecule has 3 aromatic rings. The number of aromatic nitrogens is 3. The molecule has 5 N–H and O–H groups in total. The number of carbonyl (C=O) groups excluding carboxylic acids is 2. The molecule has 0 radical (unpaired) electrons. The number of nitrogens with one attached hydrogen (secondary N) is 3. The molecule has 35 heavy (non-hydrogen) atoms. The van der Waals surface area contributed by atoms with Crippen molar-refractivity contribution in [3.63, 3.8) is 0 Å². The fourth-order valence-corrected chi connectivity index (χ4v) is 5.02. The van der Waals surface area contributed by atoms with Crippen molar-refractivity contribution in [2.24, 2.45) is 0 Å². The maximum absolute atomic E-state index is 10.7. The second kappa shape index (κ2) is 12.2. The Morgan fingerprint density at radius 2 is 1.11 bits per heavy atom. The van der Waals surface area contributed by atoms with Gasteiger partial charge < -0.3 is 34.8 Å². The number of aromatic amines is 3. The van der Waals surface area contributed by atoms with E-state index < -0.39 is 12.2 Å². The van der Waals surface area contributed by atoms with Crippen molar-refractivity contribution in [3.8, 4) is 0 Å². The van der Waals surface area contributed by atoms with Crippen molar-refractivity contribution in [1.82, 2.24) is 15.0 Å². The SMILES string of the molecule is CCc1c(Cc2cc(C)c(CCC(O)C=O)[nH]2)[nH]c(Cc2cc(C)c(CCC(O)C=O)[nH]2)c1CC. The lowest BCUT2D eigenvalue weighted by atomic mass is 10.0. The fraction of sp³-hybridized carbons (Fsp3) is 0.500. The maximum atomic E-state index is 10.7. The zero-order valence-electron chi connectivity index (χ0n) is 21.3. The summed E-state index contributed by atoms with van der Waals surface area (Å²) < 4.78 is 0. The number of aryl methyl sites for hydroxylation is 4. The van der Waals surface area contributed by atoms with Crippen LogP contribution in [0.1, 0.15) is 83.1 Å². The van der Waals surface area contributed by atoms with Gasteiger partial charge in [0.2, 0.25) is 0 Å². The predicted molar refractivity (Wildman–Crippen MR) is 137 cm³/mol. The first-order chi connectivity index (χ1) is 16.8. The Kier molecular flexibility index (Phi) is 9.29. The van der Waals surface area contributed by atoms with Gasteiger partial charge in [-0.25, -0.2) is 0 Å². The van der Waals surface area contributed by atoms with Gasteiger partial charge in [0.05, 0.1) is 0 Å². The van der Waals surface area contributed by atoms with Crippen LogP contribution in [0.25, 0.3) is 0 Å². The van der Waals surface area contributed by atoms with Crippen LogP contribution in [0.2, 0.25) is 0 Å². The second-order valence-electron chi connectivity index (χ2n) is 9.50. The molecule has 0 aromatic carbocycles. The predicted octanol–water partition coefficient (Wildman–Crippen LogP) is 3.58. The normalized spacial score (nSPS) is 13.2. The molecular weight excluding hydrogens is 442 g/mol. The van der Waals surface area contributed by atoms with Crippen LogP contribution in [0.5, 0.6) is 0 Å². The number of hydrogen-bond donors (Lipinski definition) is 5. The molecule has 0 aliphatic carbocycles. The Labute approximate surface area is 207 Å². The van der Waals surface area contributed by atoms with Gasteiger partial charge in [-0.05, 0) is 86.8 Å². The van der Waals surface area contributed by atoms with Gasteiger partial charge in [0.25, 0.3) is 0 Å². The van der Waals surface area contributed by atoms with Crippen LogP contribution in [0.15, 0.2) is 12.1 Å². The molecule has 3 aromatic heterocycles. The third-order valence-corrected chi connectivity index (χ3v) is 6.89. The van der Waals surface area contributed by atoms with Crippen molar-refractivity contribution in [2.75, 3.05) is 0 Å². The van der Waals surface area contributed by atoms with Crippen LogP contribution in [0.4, 0.5) is 0 Å². The topological polar surface area (TPSA) is 122 Å². The highest BCUT2D eigenvalue weighted by atomic mass is 16.3. The molecule has 0 saturated heterocycles. The van der Waals surface area contributed by atoms with Gasteiger partial charge in [0, 0.05) is 47.0 Å². The molecule has 3 heterocycles. The van der Waals surface area contributed by atoms with Gasteiger partial charge >= 0.3 is 0 Å². The third kappa shape index (κ3) is 6.61. The summed E-state index contributed by atoms with van der Waals surface area (Å²) in [6.45, 7) is 8.49. The van der Waals surface area contributed by atoms with E-state index in [-0.39, 0.29) is 0 Å². The molecule has 0 amide bonds. The molecule has 0 saturated carbocycles. The summed E-state index contributed by atoms with van der Waals surface area (Å²) in [5, 5.41) is 19.1. The zero-order chi connectivity index (χ0) is 25.5. The number of hydrogen-bond acceptors (Lipinski definition) is 4. The first-order valence-corrected chi connectivity index (χ1v) is 12.6. The first kappa shape index (κ1) is 26.7. The highest BCUT2D eigenvalue weighted by molar-refractivity contribution is 5.55. The fourth-order valence-electron chi connectivity index (χ4n) is 5.02. The van der Waals surface area contributed by atoms with Gasteiger partial charge in [-0.2, -0.15) is 0 Å². The van der Waals surface area contributed by atoms with Crippen LogP contribution in [0.3, 0.4) is 0 Å². The van der Waals surface area contributed by atoms with Crippen molar-refractivity contribution >= 4 is 12.6 Å². The van der Waals surface area contributed by atoms with Crippen molar-refractivity contribution in [2.45, 2.75) is 91.3 Å². The summed E-state index contributed by atoms with van der Waals surface area (Å²) in [7, 11) is 0. The van der Waals surface area contributed by atoms with Crippen molar-refractivity contribution in [3.05, 3.63) is 68.6 Å². The number of carbonyl (C=O) groups is 2. The molecule has 3 rings (SSSR count). The minimum absolute atomic E-state index is 0.419. The Hall–Kier alpha value is -2.90. The van der Waals surface area contributed by atoms with Gasteiger partial charge in [-0.3, -0.25) is 0 Å². The van der Waals surface area contributed by atoms with E-state index in [4.69, 9.17) is 0 Å². The largest absolute Gasteiger partial charge is 0.386 e. The molecule has 0 fully saturated rings. The van der Waals surface area contributed by atoms with E-state index in [0.717, 1.165) is 59.6 Å². The van der Waals surface area contributed by atoms with E-state index >= 15 is 0 Å². The molecule has 0 spiro atoms. The molecule has 7 heteroatoms. The van der Waals surface area contributed by atoms with Crippen LogP contribution in [-0.4, -0.2) is 49.9 Å². The van der Waals surface area contributed by atoms with E-state index in [9.17, 15) is 19.8 Å². The number of aldehydes is 2. The number of H-pyrrole nitrogens is 3. The first-order valence-electron chi connectivity index (χ1n) is 12.6. The monoisotopic (exact) mass is 481 g/mol. The van der Waals surface area contributed by atoms with Crippen LogP contribution < -0.4 is 0 Å². The Morgan fingerprint density at radius 1 is 0.714 bits per heavy atom. The lowest BCUT2D eigenvalue weighted by Crippen LogP contribution is -2.09. The average molecular weight is 482 g/mol. The van der Waals surface area contributed by atoms with E-state index in [2.05, 4.69) is 54.8 Å². The Bertz CT molecular complexity index is 1050. The molecule has 0 bridgehead atoms. The molecule has 2 unspecified atom stereocenters. The average Bonchev–Trinajstić information content (AvgIpc) is 3.49. The zero-order valence-corrected chi connectivity index (χ0v) is 21.3. The van der Waals surface area contributed by atoms with Crippen LogP contribution in [-0.2, 0) is 48.1 Å². The molecule has 190 valence electrons. The van der Waals surface area contributed by atoms with E-state index in [1.807, 2.05) is 0 Å². The van der Waals surface area contributed by atoms with Gasteiger partial charge in [0.1, 0.15) is 24.8 Å². The summed E-state index contributed by atoms with van der Waals surface area (Å²) in [5.74, 6) is 0. The second-order valence-corrected chi connectivity index (χ2v) is 9.50. The van der Waals surface area contributed by atoms with Gasteiger partial charge in [-0.1, -0.05) is 13.8 Å². The smallest absolute Gasteiger partial charge is 0.148 e. The van der Waals surface area contributed by atoms with E-state index in [0.29, 0.717) is 38.3 Å². The van der Waals surface area contributed by atoms with Gasteiger partial charge in [-0.15, -0.1) is 0 Å². The van der Waals surface area contributed by atoms with Crippen molar-refractivity contribution < 1.29 is 19.8 Å². The van der Waals surface area contributed by atoms with Crippen molar-refractivity contribution in [1.29, 1.82) is 0 Å². The third-order valence-electron chi connectivity index (χ3n) is 6.89. The molecule has 0 aliphatic rings. The van der Waals surface area contributed by atoms with Gasteiger partial charge in [0.15, 0.2) is 0 Å². The summed E-state index contributed by atoms with van der Waals surface area (Å²) in [6.07, 6.45) is 4.89. The highest BCUT2D eigenvalue weighted by Crippen LogP contribution is 2.26. The number of aliphatic hydroxyl groups is 2. The maximum Gasteiger partial charge on any atom is 0.148 e. The lowest BCUT2D eigenvalue weighted by molar-refractivity contribution is -0.115. The quantitative estimate of drug-likeness (QED) is 0.226. The highest BCUT2D eigenvalue weighted by Gasteiger charge is 2.18. The minimum Gasteiger partial charge on any atom is -0.386 e. The number of aliphatic hydroxyl groups excluding tert-OH is 2. The van der Waals surface area contributed by atoms with E-state index in [1.165, 1.54) is 22.5 Å². The molecular formula is C28H39N3O4. The standard InChI is InChI=1S/C28H39N3O4/c1-5-23-24(6-2)28(14-20-12-18(4)26(30-20)10-8-22(35)16-33)31-27(23)13-19-11-17(3)25(29-19)9-7-21(34)15-32/h11-12,15-16,21-22,29-31,34-35H,5-10,13-14H2,1-4H3. The summed E-state index contributed by atoms with van der Waals surface area (Å²) in [5.41, 5.74) is 11.8. The minimum atomic E-state index is -0.918.